The van der Waals surface area contributed by atoms with Crippen molar-refractivity contribution < 1.29 is 0 Å². The van der Waals surface area contributed by atoms with Crippen LogP contribution in [0.4, 0.5) is 0 Å². The fourth-order valence-corrected chi connectivity index (χ4v) is 2.10. The van der Waals surface area contributed by atoms with Crippen LogP contribution in [0.3, 0.4) is 0 Å². The Morgan fingerprint density at radius 1 is 1.39 bits per heavy atom. The summed E-state index contributed by atoms with van der Waals surface area (Å²) >= 11 is 6.01. The Morgan fingerprint density at radius 2 is 2.22 bits per heavy atom. The molecule has 0 spiro atoms. The summed E-state index contributed by atoms with van der Waals surface area (Å²) in [6.45, 7) is 5.96. The van der Waals surface area contributed by atoms with Crippen LogP contribution in [0.1, 0.15) is 24.9 Å². The number of benzene rings is 1. The molecule has 0 unspecified atom stereocenters. The van der Waals surface area contributed by atoms with Crippen molar-refractivity contribution in [1.29, 1.82) is 0 Å². The first-order valence-corrected chi connectivity index (χ1v) is 6.60. The van der Waals surface area contributed by atoms with E-state index in [1.807, 2.05) is 31.2 Å². The molecular weight excluding hydrogens is 246 g/mol. The molecule has 3 nitrogen and oxygen atoms in total. The maximum atomic E-state index is 6.01. The number of hydrogen-bond acceptors (Lipinski definition) is 2. The van der Waals surface area contributed by atoms with Crippen molar-refractivity contribution in [3.8, 4) is 11.3 Å². The predicted octanol–water partition coefficient (Wildman–Crippen LogP) is 3.54. The number of aromatic amines is 1. The number of halogens is 1. The lowest BCUT2D eigenvalue weighted by Gasteiger charge is -1.99. The molecular formula is C14H18ClN3. The minimum atomic E-state index is 0.737. The molecule has 2 rings (SSSR count). The third kappa shape index (κ3) is 3.12. The first-order chi connectivity index (χ1) is 8.70. The summed E-state index contributed by atoms with van der Waals surface area (Å²) in [6, 6.07) is 7.78. The Morgan fingerprint density at radius 3 is 2.94 bits per heavy atom. The second-order valence-corrected chi connectivity index (χ2v) is 4.78. The number of H-pyrrole nitrogens is 1. The van der Waals surface area contributed by atoms with E-state index in [4.69, 9.17) is 11.6 Å². The van der Waals surface area contributed by atoms with E-state index >= 15 is 0 Å². The molecule has 0 radical (unpaired) electrons. The summed E-state index contributed by atoms with van der Waals surface area (Å²) in [5.41, 5.74) is 3.11. The van der Waals surface area contributed by atoms with Crippen LogP contribution in [0, 0.1) is 6.92 Å². The summed E-state index contributed by atoms with van der Waals surface area (Å²) < 4.78 is 0. The number of aryl methyl sites for hydroxylation is 1. The molecule has 96 valence electrons. The van der Waals surface area contributed by atoms with Crippen LogP contribution < -0.4 is 5.32 Å². The monoisotopic (exact) mass is 263 g/mol. The number of aromatic nitrogens is 2. The largest absolute Gasteiger partial charge is 0.344 e. The molecule has 0 fully saturated rings. The Kier molecular flexibility index (Phi) is 4.39. The Hall–Kier alpha value is -1.32. The van der Waals surface area contributed by atoms with Gasteiger partial charge in [-0.3, -0.25) is 0 Å². The lowest BCUT2D eigenvalue weighted by Crippen LogP contribution is -2.14. The van der Waals surface area contributed by atoms with Gasteiger partial charge in [0.2, 0.25) is 0 Å². The lowest BCUT2D eigenvalue weighted by molar-refractivity contribution is 0.655. The van der Waals surface area contributed by atoms with Gasteiger partial charge < -0.3 is 10.3 Å². The van der Waals surface area contributed by atoms with Crippen LogP contribution in [-0.2, 0) is 6.54 Å². The van der Waals surface area contributed by atoms with E-state index in [0.717, 1.165) is 47.3 Å². The molecule has 0 aliphatic rings. The van der Waals surface area contributed by atoms with Crippen molar-refractivity contribution in [2.24, 2.45) is 0 Å². The highest BCUT2D eigenvalue weighted by molar-refractivity contribution is 6.30. The SMILES string of the molecule is CCCNCc1nc(-c2cccc(Cl)c2)c(C)[nH]1. The van der Waals surface area contributed by atoms with Crippen molar-refractivity contribution in [3.05, 3.63) is 40.8 Å². The van der Waals surface area contributed by atoms with E-state index < -0.39 is 0 Å². The Bertz CT molecular complexity index is 520. The fourth-order valence-electron chi connectivity index (χ4n) is 1.91. The van der Waals surface area contributed by atoms with Crippen molar-refractivity contribution in [3.63, 3.8) is 0 Å². The molecule has 1 aromatic carbocycles. The highest BCUT2D eigenvalue weighted by Crippen LogP contribution is 2.23. The van der Waals surface area contributed by atoms with Gasteiger partial charge in [0.1, 0.15) is 5.82 Å². The Balaban J connectivity index is 2.18. The van der Waals surface area contributed by atoms with Crippen LogP contribution in [0.5, 0.6) is 0 Å². The van der Waals surface area contributed by atoms with Crippen LogP contribution in [0.25, 0.3) is 11.3 Å². The zero-order chi connectivity index (χ0) is 13.0. The van der Waals surface area contributed by atoms with Crippen LogP contribution in [-0.4, -0.2) is 16.5 Å². The third-order valence-corrected chi connectivity index (χ3v) is 2.99. The quantitative estimate of drug-likeness (QED) is 0.810. The third-order valence-electron chi connectivity index (χ3n) is 2.75. The number of imidazole rings is 1. The molecule has 4 heteroatoms. The predicted molar refractivity (Wildman–Crippen MR) is 75.8 cm³/mol. The van der Waals surface area contributed by atoms with Gasteiger partial charge in [0.25, 0.3) is 0 Å². The second-order valence-electron chi connectivity index (χ2n) is 4.34. The molecule has 0 saturated heterocycles. The van der Waals surface area contributed by atoms with Gasteiger partial charge in [0, 0.05) is 16.3 Å². The lowest BCUT2D eigenvalue weighted by atomic mass is 10.1. The molecule has 2 aromatic rings. The molecule has 18 heavy (non-hydrogen) atoms. The molecule has 0 saturated carbocycles. The molecule has 1 heterocycles. The highest BCUT2D eigenvalue weighted by Gasteiger charge is 2.08. The van der Waals surface area contributed by atoms with Crippen molar-refractivity contribution in [1.82, 2.24) is 15.3 Å². The maximum absolute atomic E-state index is 6.01. The summed E-state index contributed by atoms with van der Waals surface area (Å²) in [5, 5.41) is 4.07. The van der Waals surface area contributed by atoms with E-state index in [1.54, 1.807) is 0 Å². The van der Waals surface area contributed by atoms with Crippen LogP contribution >= 0.6 is 11.6 Å². The van der Waals surface area contributed by atoms with E-state index in [-0.39, 0.29) is 0 Å². The number of rotatable bonds is 5. The highest BCUT2D eigenvalue weighted by atomic mass is 35.5. The van der Waals surface area contributed by atoms with Gasteiger partial charge in [-0.15, -0.1) is 0 Å². The summed E-state index contributed by atoms with van der Waals surface area (Å²) in [4.78, 5) is 7.92. The fraction of sp³-hybridized carbons (Fsp3) is 0.357. The normalized spacial score (nSPS) is 10.8. The zero-order valence-corrected chi connectivity index (χ0v) is 11.5. The smallest absolute Gasteiger partial charge is 0.121 e. The number of nitrogens with one attached hydrogen (secondary N) is 2. The van der Waals surface area contributed by atoms with E-state index in [0.29, 0.717) is 0 Å². The topological polar surface area (TPSA) is 40.7 Å². The second kappa shape index (κ2) is 6.03. The summed E-state index contributed by atoms with van der Waals surface area (Å²) in [6.07, 6.45) is 1.13. The van der Waals surface area contributed by atoms with Crippen LogP contribution in [0.15, 0.2) is 24.3 Å². The van der Waals surface area contributed by atoms with Crippen molar-refractivity contribution in [2.75, 3.05) is 6.54 Å². The van der Waals surface area contributed by atoms with Gasteiger partial charge in [-0.25, -0.2) is 4.98 Å². The van der Waals surface area contributed by atoms with Crippen molar-refractivity contribution >= 4 is 11.6 Å². The van der Waals surface area contributed by atoms with E-state index in [9.17, 15) is 0 Å². The molecule has 1 aromatic heterocycles. The number of hydrogen-bond donors (Lipinski definition) is 2. The molecule has 0 aliphatic carbocycles. The minimum absolute atomic E-state index is 0.737. The first kappa shape index (κ1) is 13.1. The molecule has 0 aliphatic heterocycles. The summed E-state index contributed by atoms with van der Waals surface area (Å²) in [5.74, 6) is 0.968. The first-order valence-electron chi connectivity index (χ1n) is 6.23. The molecule has 2 N–H and O–H groups in total. The average molecular weight is 264 g/mol. The maximum Gasteiger partial charge on any atom is 0.121 e. The van der Waals surface area contributed by atoms with Gasteiger partial charge in [-0.2, -0.15) is 0 Å². The van der Waals surface area contributed by atoms with Gasteiger partial charge in [-0.05, 0) is 32.0 Å². The number of nitrogens with zero attached hydrogens (tertiary/aromatic N) is 1. The van der Waals surface area contributed by atoms with E-state index in [1.165, 1.54) is 0 Å². The van der Waals surface area contributed by atoms with Gasteiger partial charge in [-0.1, -0.05) is 30.7 Å². The Labute approximate surface area is 113 Å². The van der Waals surface area contributed by atoms with Gasteiger partial charge in [0.05, 0.1) is 12.2 Å². The molecule has 0 atom stereocenters. The van der Waals surface area contributed by atoms with Gasteiger partial charge in [0.15, 0.2) is 0 Å². The van der Waals surface area contributed by atoms with Crippen LogP contribution in [0.2, 0.25) is 5.02 Å². The van der Waals surface area contributed by atoms with Crippen molar-refractivity contribution in [2.45, 2.75) is 26.8 Å². The minimum Gasteiger partial charge on any atom is -0.344 e. The molecule has 0 bridgehead atoms. The standard InChI is InChI=1S/C14H18ClN3/c1-3-7-16-9-13-17-10(2)14(18-13)11-5-4-6-12(15)8-11/h4-6,8,16H,3,7,9H2,1-2H3,(H,17,18). The zero-order valence-electron chi connectivity index (χ0n) is 10.8. The van der Waals surface area contributed by atoms with E-state index in [2.05, 4.69) is 22.2 Å². The molecule has 0 amide bonds. The average Bonchev–Trinajstić information content (AvgIpc) is 2.71. The summed E-state index contributed by atoms with van der Waals surface area (Å²) in [7, 11) is 0. The van der Waals surface area contributed by atoms with Gasteiger partial charge >= 0.3 is 0 Å².